The highest BCUT2D eigenvalue weighted by atomic mass is 35.5. The van der Waals surface area contributed by atoms with Crippen LogP contribution in [0.4, 0.5) is 5.69 Å². The van der Waals surface area contributed by atoms with Crippen LogP contribution in [-0.2, 0) is 10.0 Å². The van der Waals surface area contributed by atoms with E-state index < -0.39 is 21.5 Å². The fraction of sp³-hybridized carbons (Fsp3) is 0.269. The van der Waals surface area contributed by atoms with Crippen LogP contribution in [0.1, 0.15) is 55.6 Å². The van der Waals surface area contributed by atoms with Gasteiger partial charge in [0.25, 0.3) is 5.91 Å². The van der Waals surface area contributed by atoms with Crippen molar-refractivity contribution in [3.05, 3.63) is 77.1 Å². The summed E-state index contributed by atoms with van der Waals surface area (Å²) in [4.78, 5) is 18.1. The molecule has 2 aromatic carbocycles. The second kappa shape index (κ2) is 8.99. The first kappa shape index (κ1) is 24.4. The van der Waals surface area contributed by atoms with Crippen LogP contribution in [0.5, 0.6) is 0 Å². The molecular formula is C26H26ClN5O3S. The van der Waals surface area contributed by atoms with Gasteiger partial charge in [-0.05, 0) is 70.0 Å². The highest BCUT2D eigenvalue weighted by Crippen LogP contribution is 2.41. The number of halogens is 1. The molecule has 0 atom stereocenters. The zero-order valence-corrected chi connectivity index (χ0v) is 21.7. The largest absolute Gasteiger partial charge is 0.322 e. The summed E-state index contributed by atoms with van der Waals surface area (Å²) in [5, 5.41) is 7.89. The molecule has 10 heteroatoms. The Balaban J connectivity index is 1.49. The number of amides is 1. The highest BCUT2D eigenvalue weighted by molar-refractivity contribution is 7.89. The number of benzene rings is 2. The highest BCUT2D eigenvalue weighted by Gasteiger charge is 2.29. The number of sulfonamides is 1. The molecule has 1 amide bonds. The molecule has 0 aliphatic heterocycles. The number of fused-ring (bicyclic) bond motifs is 1. The Kier molecular flexibility index (Phi) is 6.10. The maximum atomic E-state index is 13.3. The van der Waals surface area contributed by atoms with Gasteiger partial charge < -0.3 is 5.32 Å². The smallest absolute Gasteiger partial charge is 0.261 e. The fourth-order valence-corrected chi connectivity index (χ4v) is 5.58. The summed E-state index contributed by atoms with van der Waals surface area (Å²) in [5.41, 5.74) is 3.09. The first-order chi connectivity index (χ1) is 17.0. The Morgan fingerprint density at radius 1 is 1.08 bits per heavy atom. The average molecular weight is 524 g/mol. The number of nitrogens with zero attached hydrogens (tertiary/aromatic N) is 3. The molecule has 1 saturated carbocycles. The summed E-state index contributed by atoms with van der Waals surface area (Å²) in [7, 11) is -3.75. The Hall–Kier alpha value is -3.27. The lowest BCUT2D eigenvalue weighted by molar-refractivity contribution is 0.102. The minimum Gasteiger partial charge on any atom is -0.322 e. The molecule has 5 rings (SSSR count). The number of hydrogen-bond donors (Lipinski definition) is 2. The van der Waals surface area contributed by atoms with E-state index in [0.29, 0.717) is 27.8 Å². The predicted molar refractivity (Wildman–Crippen MR) is 140 cm³/mol. The molecule has 0 saturated heterocycles. The van der Waals surface area contributed by atoms with Gasteiger partial charge in [-0.3, -0.25) is 4.79 Å². The lowest BCUT2D eigenvalue weighted by Gasteiger charge is -2.20. The van der Waals surface area contributed by atoms with Crippen molar-refractivity contribution in [2.45, 2.75) is 50.0 Å². The second-order valence-electron chi connectivity index (χ2n) is 9.98. The summed E-state index contributed by atoms with van der Waals surface area (Å²) in [5.74, 6) is -0.0552. The molecule has 2 aromatic heterocycles. The Morgan fingerprint density at radius 3 is 2.47 bits per heavy atom. The Morgan fingerprint density at radius 2 is 1.81 bits per heavy atom. The zero-order valence-electron chi connectivity index (χ0n) is 20.1. The van der Waals surface area contributed by atoms with Crippen molar-refractivity contribution in [2.75, 3.05) is 5.32 Å². The second-order valence-corrected chi connectivity index (χ2v) is 12.1. The number of anilines is 1. The zero-order chi connectivity index (χ0) is 25.7. The van der Waals surface area contributed by atoms with E-state index in [1.165, 1.54) is 18.3 Å². The van der Waals surface area contributed by atoms with Crippen molar-refractivity contribution in [3.63, 3.8) is 0 Å². The minimum absolute atomic E-state index is 0.0641. The molecule has 1 aliphatic carbocycles. The minimum atomic E-state index is -3.75. The van der Waals surface area contributed by atoms with E-state index in [1.54, 1.807) is 49.6 Å². The number of nitrogens with one attached hydrogen (secondary N) is 2. The average Bonchev–Trinajstić information content (AvgIpc) is 3.56. The maximum Gasteiger partial charge on any atom is 0.261 e. The molecular weight excluding hydrogens is 498 g/mol. The van der Waals surface area contributed by atoms with Crippen LogP contribution in [0.2, 0.25) is 5.02 Å². The monoisotopic (exact) mass is 523 g/mol. The van der Waals surface area contributed by atoms with Crippen LogP contribution in [0.15, 0.2) is 65.7 Å². The van der Waals surface area contributed by atoms with E-state index in [-0.39, 0.29) is 4.90 Å². The third-order valence-electron chi connectivity index (χ3n) is 5.72. The van der Waals surface area contributed by atoms with Gasteiger partial charge >= 0.3 is 0 Å². The lowest BCUT2D eigenvalue weighted by atomic mass is 10.1. The molecule has 2 heterocycles. The van der Waals surface area contributed by atoms with E-state index in [2.05, 4.69) is 15.1 Å². The summed E-state index contributed by atoms with van der Waals surface area (Å²) in [6.07, 6.45) is 3.62. The van der Waals surface area contributed by atoms with E-state index in [9.17, 15) is 13.2 Å². The lowest BCUT2D eigenvalue weighted by Crippen LogP contribution is -2.40. The van der Waals surface area contributed by atoms with Crippen molar-refractivity contribution in [3.8, 4) is 11.3 Å². The van der Waals surface area contributed by atoms with E-state index >= 15 is 0 Å². The van der Waals surface area contributed by atoms with Gasteiger partial charge in [0.1, 0.15) is 5.56 Å². The van der Waals surface area contributed by atoms with Gasteiger partial charge in [-0.25, -0.2) is 22.6 Å². The standard InChI is InChI=1S/C26H26ClN5O3S/c1-26(2,3)31-36(34,35)20-6-4-5-19(13-20)29-25(33)21-15-28-32-23(17-7-8-17)14-22(30-24(21)32)16-9-11-18(27)12-10-16/h4-6,9-15,17,31H,7-8H2,1-3H3,(H,29,33). The molecule has 1 aliphatic rings. The molecule has 0 radical (unpaired) electrons. The predicted octanol–water partition coefficient (Wildman–Crippen LogP) is 5.26. The summed E-state index contributed by atoms with van der Waals surface area (Å²) in [6.45, 7) is 5.30. The number of carbonyl (C=O) groups excluding carboxylic acids is 1. The van der Waals surface area contributed by atoms with E-state index in [1.807, 2.05) is 18.2 Å². The van der Waals surface area contributed by atoms with Crippen LogP contribution >= 0.6 is 11.6 Å². The van der Waals surface area contributed by atoms with Crippen LogP contribution in [0.3, 0.4) is 0 Å². The SMILES string of the molecule is CC(C)(C)NS(=O)(=O)c1cccc(NC(=O)c2cnn3c(C4CC4)cc(-c4ccc(Cl)cc4)nc23)c1. The molecule has 0 unspecified atom stereocenters. The van der Waals surface area contributed by atoms with Gasteiger partial charge in [0, 0.05) is 33.4 Å². The first-order valence-electron chi connectivity index (χ1n) is 11.6. The topological polar surface area (TPSA) is 105 Å². The van der Waals surface area contributed by atoms with Crippen LogP contribution in [0.25, 0.3) is 16.9 Å². The molecule has 186 valence electrons. The number of rotatable bonds is 6. The molecule has 2 N–H and O–H groups in total. The van der Waals surface area contributed by atoms with Gasteiger partial charge in [-0.1, -0.05) is 29.8 Å². The van der Waals surface area contributed by atoms with Crippen LogP contribution in [0, 0.1) is 0 Å². The third-order valence-corrected chi connectivity index (χ3v) is 7.73. The van der Waals surface area contributed by atoms with Crippen molar-refractivity contribution in [1.82, 2.24) is 19.3 Å². The van der Waals surface area contributed by atoms with Gasteiger partial charge in [0.05, 0.1) is 16.8 Å². The number of carbonyl (C=O) groups is 1. The Bertz CT molecular complexity index is 1570. The van der Waals surface area contributed by atoms with Gasteiger partial charge in [0.2, 0.25) is 10.0 Å². The fourth-order valence-electron chi connectivity index (χ4n) is 3.99. The van der Waals surface area contributed by atoms with Crippen molar-refractivity contribution in [1.29, 1.82) is 0 Å². The molecule has 1 fully saturated rings. The van der Waals surface area contributed by atoms with Gasteiger partial charge in [-0.15, -0.1) is 0 Å². The van der Waals surface area contributed by atoms with Crippen LogP contribution < -0.4 is 10.0 Å². The number of aromatic nitrogens is 3. The summed E-state index contributed by atoms with van der Waals surface area (Å²) < 4.78 is 29.8. The number of hydrogen-bond acceptors (Lipinski definition) is 5. The summed E-state index contributed by atoms with van der Waals surface area (Å²) in [6, 6.07) is 15.6. The molecule has 0 bridgehead atoms. The molecule has 8 nitrogen and oxygen atoms in total. The quantitative estimate of drug-likeness (QED) is 0.359. The summed E-state index contributed by atoms with van der Waals surface area (Å²) >= 11 is 6.05. The molecule has 4 aromatic rings. The van der Waals surface area contributed by atoms with Crippen molar-refractivity contribution >= 4 is 38.9 Å². The normalized spacial score (nSPS) is 14.2. The van der Waals surface area contributed by atoms with Gasteiger partial charge in [0.15, 0.2) is 5.65 Å². The maximum absolute atomic E-state index is 13.3. The van der Waals surface area contributed by atoms with E-state index in [4.69, 9.17) is 16.6 Å². The van der Waals surface area contributed by atoms with Crippen molar-refractivity contribution in [2.24, 2.45) is 0 Å². The van der Waals surface area contributed by atoms with Crippen LogP contribution in [-0.4, -0.2) is 34.5 Å². The van der Waals surface area contributed by atoms with E-state index in [0.717, 1.165) is 29.8 Å². The Labute approximate surface area is 214 Å². The molecule has 36 heavy (non-hydrogen) atoms. The first-order valence-corrected chi connectivity index (χ1v) is 13.5. The van der Waals surface area contributed by atoms with Gasteiger partial charge in [-0.2, -0.15) is 5.10 Å². The van der Waals surface area contributed by atoms with Crippen molar-refractivity contribution < 1.29 is 13.2 Å². The third kappa shape index (κ3) is 5.13. The molecule has 0 spiro atoms.